The predicted molar refractivity (Wildman–Crippen MR) is 112 cm³/mol. The Morgan fingerprint density at radius 2 is 1.60 bits per heavy atom. The maximum absolute atomic E-state index is 12.6. The summed E-state index contributed by atoms with van der Waals surface area (Å²) >= 11 is 0. The molecule has 0 aliphatic heterocycles. The first-order valence-corrected chi connectivity index (χ1v) is 9.69. The minimum Gasteiger partial charge on any atom is -0.494 e. The lowest BCUT2D eigenvalue weighted by Crippen LogP contribution is -2.15. The molecule has 0 aliphatic carbocycles. The van der Waals surface area contributed by atoms with E-state index in [0.29, 0.717) is 23.6 Å². The summed E-state index contributed by atoms with van der Waals surface area (Å²) in [6.45, 7) is 2.74. The van der Waals surface area contributed by atoms with Gasteiger partial charge in [-0.15, -0.1) is 0 Å². The second-order valence-corrected chi connectivity index (χ2v) is 6.53. The molecule has 0 radical (unpaired) electrons. The van der Waals surface area contributed by atoms with Crippen molar-refractivity contribution in [2.45, 2.75) is 19.8 Å². The minimum atomic E-state index is -0.683. The largest absolute Gasteiger partial charge is 0.494 e. The van der Waals surface area contributed by atoms with Gasteiger partial charge in [-0.05, 0) is 42.8 Å². The molecule has 0 saturated heterocycles. The number of rotatable bonds is 8. The number of nitrogens with zero attached hydrogens (tertiary/aromatic N) is 2. The lowest BCUT2D eigenvalue weighted by atomic mass is 10.1. The maximum Gasteiger partial charge on any atom is 0.357 e. The third-order valence-electron chi connectivity index (χ3n) is 4.55. The van der Waals surface area contributed by atoms with Crippen LogP contribution in [0.5, 0.6) is 5.75 Å². The fourth-order valence-electron chi connectivity index (χ4n) is 3.00. The monoisotopic (exact) mass is 408 g/mol. The van der Waals surface area contributed by atoms with E-state index in [2.05, 4.69) is 12.0 Å². The SMILES string of the molecule is CCCCOc1ccc(-c2nn(-c3ccccc3)c(C(=O)OC)c2C(=O)OC)cc1. The summed E-state index contributed by atoms with van der Waals surface area (Å²) in [6, 6.07) is 16.3. The molecule has 0 bridgehead atoms. The average molecular weight is 408 g/mol. The fraction of sp³-hybridized carbons (Fsp3) is 0.261. The minimum absolute atomic E-state index is 0.00817. The highest BCUT2D eigenvalue weighted by Gasteiger charge is 2.31. The zero-order valence-corrected chi connectivity index (χ0v) is 17.3. The van der Waals surface area contributed by atoms with Gasteiger partial charge in [0.1, 0.15) is 17.0 Å². The second-order valence-electron chi connectivity index (χ2n) is 6.53. The third-order valence-corrected chi connectivity index (χ3v) is 4.55. The van der Waals surface area contributed by atoms with Gasteiger partial charge in [-0.3, -0.25) is 0 Å². The first kappa shape index (κ1) is 21.1. The van der Waals surface area contributed by atoms with Crippen LogP contribution in [-0.2, 0) is 9.47 Å². The molecule has 0 saturated carbocycles. The lowest BCUT2D eigenvalue weighted by Gasteiger charge is -2.07. The van der Waals surface area contributed by atoms with Crippen molar-refractivity contribution in [2.75, 3.05) is 20.8 Å². The van der Waals surface area contributed by atoms with Crippen molar-refractivity contribution in [1.29, 1.82) is 0 Å². The smallest absolute Gasteiger partial charge is 0.357 e. The molecule has 0 amide bonds. The Morgan fingerprint density at radius 1 is 0.933 bits per heavy atom. The van der Waals surface area contributed by atoms with Gasteiger partial charge in [0, 0.05) is 5.56 Å². The number of carbonyl (C=O) groups is 2. The number of aromatic nitrogens is 2. The van der Waals surface area contributed by atoms with E-state index >= 15 is 0 Å². The van der Waals surface area contributed by atoms with E-state index in [1.54, 1.807) is 24.3 Å². The Balaban J connectivity index is 2.13. The number of unbranched alkanes of at least 4 members (excludes halogenated alkanes) is 1. The van der Waals surface area contributed by atoms with Crippen LogP contribution in [0.15, 0.2) is 54.6 Å². The number of para-hydroxylation sites is 1. The Kier molecular flexibility index (Phi) is 6.85. The van der Waals surface area contributed by atoms with Crippen molar-refractivity contribution in [1.82, 2.24) is 9.78 Å². The third kappa shape index (κ3) is 4.35. The van der Waals surface area contributed by atoms with Crippen molar-refractivity contribution in [3.05, 3.63) is 65.9 Å². The number of methoxy groups -OCH3 is 2. The molecule has 2 aromatic carbocycles. The molecule has 30 heavy (non-hydrogen) atoms. The summed E-state index contributed by atoms with van der Waals surface area (Å²) in [5, 5.41) is 4.57. The fourth-order valence-corrected chi connectivity index (χ4v) is 3.00. The summed E-state index contributed by atoms with van der Waals surface area (Å²) in [6.07, 6.45) is 2.02. The molecule has 0 unspecified atom stereocenters. The predicted octanol–water partition coefficient (Wildman–Crippen LogP) is 4.29. The molecule has 0 N–H and O–H groups in total. The van der Waals surface area contributed by atoms with Crippen LogP contribution in [0.2, 0.25) is 0 Å². The zero-order chi connectivity index (χ0) is 21.5. The van der Waals surface area contributed by atoms with Crippen molar-refractivity contribution in [3.8, 4) is 22.7 Å². The zero-order valence-electron chi connectivity index (χ0n) is 17.3. The standard InChI is InChI=1S/C23H24N2O5/c1-4-5-15-30-18-13-11-16(12-14-18)20-19(22(26)28-2)21(23(27)29-3)25(24-20)17-9-7-6-8-10-17/h6-14H,4-5,15H2,1-3H3. The van der Waals surface area contributed by atoms with Crippen molar-refractivity contribution >= 4 is 11.9 Å². The molecule has 7 nitrogen and oxygen atoms in total. The van der Waals surface area contributed by atoms with Crippen molar-refractivity contribution in [2.24, 2.45) is 0 Å². The lowest BCUT2D eigenvalue weighted by molar-refractivity contribution is 0.0549. The molecular formula is C23H24N2O5. The summed E-state index contributed by atoms with van der Waals surface area (Å²) in [5.41, 5.74) is 1.65. The normalized spacial score (nSPS) is 10.5. The van der Waals surface area contributed by atoms with E-state index in [4.69, 9.17) is 14.2 Å². The summed E-state index contributed by atoms with van der Waals surface area (Å²) in [5.74, 6) is -0.629. The highest BCUT2D eigenvalue weighted by atomic mass is 16.5. The van der Waals surface area contributed by atoms with Crippen LogP contribution < -0.4 is 4.74 Å². The van der Waals surface area contributed by atoms with E-state index in [9.17, 15) is 9.59 Å². The Labute approximate surface area is 175 Å². The van der Waals surface area contributed by atoms with Gasteiger partial charge in [-0.2, -0.15) is 5.10 Å². The Morgan fingerprint density at radius 3 is 2.20 bits per heavy atom. The van der Waals surface area contributed by atoms with Gasteiger partial charge in [-0.25, -0.2) is 14.3 Å². The van der Waals surface area contributed by atoms with E-state index in [1.807, 2.05) is 30.3 Å². The van der Waals surface area contributed by atoms with Gasteiger partial charge in [-0.1, -0.05) is 31.5 Å². The van der Waals surface area contributed by atoms with Crippen LogP contribution in [0.4, 0.5) is 0 Å². The van der Waals surface area contributed by atoms with Gasteiger partial charge < -0.3 is 14.2 Å². The maximum atomic E-state index is 12.6. The van der Waals surface area contributed by atoms with Crippen LogP contribution in [0, 0.1) is 0 Å². The van der Waals surface area contributed by atoms with Crippen LogP contribution >= 0.6 is 0 Å². The average Bonchev–Trinajstić information content (AvgIpc) is 3.20. The molecule has 1 heterocycles. The first-order valence-electron chi connectivity index (χ1n) is 9.69. The quantitative estimate of drug-likeness (QED) is 0.409. The first-order chi connectivity index (χ1) is 14.6. The van der Waals surface area contributed by atoms with Crippen LogP contribution in [0.25, 0.3) is 16.9 Å². The van der Waals surface area contributed by atoms with Crippen molar-refractivity contribution in [3.63, 3.8) is 0 Å². The molecular weight excluding hydrogens is 384 g/mol. The molecule has 0 aliphatic rings. The van der Waals surface area contributed by atoms with Crippen molar-refractivity contribution < 1.29 is 23.8 Å². The molecule has 1 aromatic heterocycles. The number of carbonyl (C=O) groups excluding carboxylic acids is 2. The van der Waals surface area contributed by atoms with Gasteiger partial charge in [0.25, 0.3) is 0 Å². The molecule has 3 rings (SSSR count). The highest BCUT2D eigenvalue weighted by Crippen LogP contribution is 2.30. The van der Waals surface area contributed by atoms with E-state index in [0.717, 1.165) is 18.6 Å². The molecule has 7 heteroatoms. The highest BCUT2D eigenvalue weighted by molar-refractivity contribution is 6.06. The van der Waals surface area contributed by atoms with Gasteiger partial charge in [0.05, 0.1) is 26.5 Å². The van der Waals surface area contributed by atoms with E-state index in [-0.39, 0.29) is 11.3 Å². The second kappa shape index (κ2) is 9.73. The molecule has 3 aromatic rings. The molecule has 156 valence electrons. The summed E-state index contributed by atoms with van der Waals surface area (Å²) < 4.78 is 17.0. The van der Waals surface area contributed by atoms with Crippen LogP contribution in [0.3, 0.4) is 0 Å². The number of ether oxygens (including phenoxy) is 3. The Bertz CT molecular complexity index is 1010. The van der Waals surface area contributed by atoms with Gasteiger partial charge >= 0.3 is 11.9 Å². The number of hydrogen-bond acceptors (Lipinski definition) is 6. The number of benzene rings is 2. The summed E-state index contributed by atoms with van der Waals surface area (Å²) in [4.78, 5) is 25.2. The molecule has 0 spiro atoms. The van der Waals surface area contributed by atoms with Gasteiger partial charge in [0.15, 0.2) is 5.69 Å². The van der Waals surface area contributed by atoms with Crippen LogP contribution in [-0.4, -0.2) is 42.5 Å². The number of esters is 2. The molecule has 0 atom stereocenters. The van der Waals surface area contributed by atoms with E-state index < -0.39 is 11.9 Å². The Hall–Kier alpha value is -3.61. The molecule has 0 fully saturated rings. The number of hydrogen-bond donors (Lipinski definition) is 0. The van der Waals surface area contributed by atoms with E-state index in [1.165, 1.54) is 18.9 Å². The summed E-state index contributed by atoms with van der Waals surface area (Å²) in [7, 11) is 2.52. The topological polar surface area (TPSA) is 79.7 Å². The van der Waals surface area contributed by atoms with Gasteiger partial charge in [0.2, 0.25) is 0 Å². The van der Waals surface area contributed by atoms with Crippen LogP contribution in [0.1, 0.15) is 40.6 Å².